The van der Waals surface area contributed by atoms with Crippen LogP contribution in [0.1, 0.15) is 25.3 Å². The Labute approximate surface area is 126 Å². The number of hydrogen-bond donors (Lipinski definition) is 1. The van der Waals surface area contributed by atoms with E-state index in [9.17, 15) is 14.9 Å². The lowest BCUT2D eigenvalue weighted by molar-refractivity contribution is -0.383. The number of H-pyrrole nitrogens is 1. The number of nitro groups is 1. The van der Waals surface area contributed by atoms with Crippen LogP contribution in [-0.2, 0) is 6.42 Å². The number of unbranched alkanes of at least 4 members (excludes halogenated alkanes) is 1. The fraction of sp³-hybridized carbons (Fsp3) is 0.235. The highest BCUT2D eigenvalue weighted by Crippen LogP contribution is 2.27. The smallest absolute Gasteiger partial charge is 0.293 e. The van der Waals surface area contributed by atoms with E-state index in [-0.39, 0.29) is 11.1 Å². The molecular formula is C17H16N2O3. The third-order valence-corrected chi connectivity index (χ3v) is 3.92. The number of para-hydroxylation sites is 1. The fourth-order valence-corrected chi connectivity index (χ4v) is 2.81. The quantitative estimate of drug-likeness (QED) is 0.450. The largest absolute Gasteiger partial charge is 0.349 e. The maximum absolute atomic E-state index is 12.8. The van der Waals surface area contributed by atoms with E-state index in [0.717, 1.165) is 24.8 Å². The molecule has 0 atom stereocenters. The first-order chi connectivity index (χ1) is 10.6. The molecule has 5 heteroatoms. The molecule has 0 saturated heterocycles. The Bertz CT molecular complexity index is 928. The molecule has 0 aliphatic carbocycles. The summed E-state index contributed by atoms with van der Waals surface area (Å²) in [7, 11) is 0. The second-order valence-electron chi connectivity index (χ2n) is 5.35. The molecule has 3 rings (SSSR count). The van der Waals surface area contributed by atoms with Crippen LogP contribution in [0.2, 0.25) is 0 Å². The van der Waals surface area contributed by atoms with Crippen LogP contribution < -0.4 is 5.43 Å². The fourth-order valence-electron chi connectivity index (χ4n) is 2.81. The van der Waals surface area contributed by atoms with Gasteiger partial charge in [0.25, 0.3) is 5.69 Å². The highest BCUT2D eigenvalue weighted by Gasteiger charge is 2.18. The van der Waals surface area contributed by atoms with Crippen molar-refractivity contribution in [2.24, 2.45) is 0 Å². The predicted octanol–water partition coefficient (Wildman–Crippen LogP) is 3.93. The van der Waals surface area contributed by atoms with Crippen LogP contribution in [0.15, 0.2) is 41.2 Å². The Kier molecular flexibility index (Phi) is 3.63. The Morgan fingerprint density at radius 1 is 1.18 bits per heavy atom. The molecule has 22 heavy (non-hydrogen) atoms. The number of hydrogen-bond acceptors (Lipinski definition) is 3. The van der Waals surface area contributed by atoms with E-state index in [1.807, 2.05) is 0 Å². The van der Waals surface area contributed by atoms with Crippen molar-refractivity contribution >= 4 is 27.5 Å². The summed E-state index contributed by atoms with van der Waals surface area (Å²) in [4.78, 5) is 26.7. The molecule has 0 aliphatic rings. The highest BCUT2D eigenvalue weighted by molar-refractivity contribution is 5.98. The normalized spacial score (nSPS) is 11.1. The van der Waals surface area contributed by atoms with Gasteiger partial charge in [-0.3, -0.25) is 14.9 Å². The first kappa shape index (κ1) is 14.3. The summed E-state index contributed by atoms with van der Waals surface area (Å²) in [5.74, 6) is 0. The third kappa shape index (κ3) is 2.24. The monoisotopic (exact) mass is 296 g/mol. The summed E-state index contributed by atoms with van der Waals surface area (Å²) in [6.45, 7) is 2.08. The molecule has 5 nitrogen and oxygen atoms in total. The molecule has 2 aromatic carbocycles. The first-order valence-electron chi connectivity index (χ1n) is 7.34. The van der Waals surface area contributed by atoms with Gasteiger partial charge in [-0.25, -0.2) is 0 Å². The molecule has 0 unspecified atom stereocenters. The van der Waals surface area contributed by atoms with Crippen molar-refractivity contribution < 1.29 is 4.92 Å². The Morgan fingerprint density at radius 2 is 1.95 bits per heavy atom. The Morgan fingerprint density at radius 3 is 2.68 bits per heavy atom. The van der Waals surface area contributed by atoms with Crippen molar-refractivity contribution in [3.8, 4) is 0 Å². The summed E-state index contributed by atoms with van der Waals surface area (Å²) >= 11 is 0. The zero-order valence-electron chi connectivity index (χ0n) is 12.3. The Hall–Kier alpha value is -2.69. The third-order valence-electron chi connectivity index (χ3n) is 3.92. The number of aromatic nitrogens is 1. The number of aryl methyl sites for hydroxylation is 1. The number of rotatable bonds is 4. The second kappa shape index (κ2) is 5.60. The summed E-state index contributed by atoms with van der Waals surface area (Å²) in [5.41, 5.74) is 1.62. The van der Waals surface area contributed by atoms with E-state index in [0.29, 0.717) is 21.8 Å². The number of nitro benzene ring substituents is 1. The first-order valence-corrected chi connectivity index (χ1v) is 7.34. The second-order valence-corrected chi connectivity index (χ2v) is 5.35. The number of nitrogens with zero attached hydrogens (tertiary/aromatic N) is 1. The molecule has 0 spiro atoms. The van der Waals surface area contributed by atoms with E-state index >= 15 is 0 Å². The molecule has 1 heterocycles. The summed E-state index contributed by atoms with van der Waals surface area (Å²) in [6.07, 6.45) is 2.69. The van der Waals surface area contributed by atoms with Crippen molar-refractivity contribution in [1.29, 1.82) is 0 Å². The van der Waals surface area contributed by atoms with E-state index in [4.69, 9.17) is 0 Å². The molecule has 0 fully saturated rings. The number of fused-ring (bicyclic) bond motifs is 2. The molecule has 1 aromatic heterocycles. The average molecular weight is 296 g/mol. The van der Waals surface area contributed by atoms with Gasteiger partial charge in [0.1, 0.15) is 5.52 Å². The number of benzene rings is 2. The highest BCUT2D eigenvalue weighted by atomic mass is 16.6. The number of nitrogens with one attached hydrogen (secondary N) is 1. The average Bonchev–Trinajstić information content (AvgIpc) is 2.52. The topological polar surface area (TPSA) is 76.0 Å². The van der Waals surface area contributed by atoms with Crippen molar-refractivity contribution in [1.82, 2.24) is 4.98 Å². The maximum Gasteiger partial charge on any atom is 0.293 e. The molecule has 112 valence electrons. The molecule has 0 saturated carbocycles. The van der Waals surface area contributed by atoms with Gasteiger partial charge in [0.15, 0.2) is 5.43 Å². The van der Waals surface area contributed by atoms with Gasteiger partial charge >= 0.3 is 0 Å². The van der Waals surface area contributed by atoms with Gasteiger partial charge < -0.3 is 4.98 Å². The van der Waals surface area contributed by atoms with Gasteiger partial charge in [0.2, 0.25) is 0 Å². The standard InChI is InChI=1S/C17H16N2O3/c1-2-3-6-11-9-10-14(19(21)22)16-15(11)17(20)12-7-4-5-8-13(12)18-16/h4-5,7-10H,2-3,6H2,1H3,(H,18,20). The van der Waals surface area contributed by atoms with Crippen LogP contribution in [0, 0.1) is 10.1 Å². The molecule has 0 bridgehead atoms. The Balaban J connectivity index is 2.45. The van der Waals surface area contributed by atoms with Crippen molar-refractivity contribution in [2.75, 3.05) is 0 Å². The summed E-state index contributed by atoms with van der Waals surface area (Å²) in [5, 5.41) is 12.3. The predicted molar refractivity (Wildman–Crippen MR) is 87.3 cm³/mol. The van der Waals surface area contributed by atoms with Crippen molar-refractivity contribution in [3.05, 3.63) is 62.3 Å². The lowest BCUT2D eigenvalue weighted by Gasteiger charge is -2.08. The van der Waals surface area contributed by atoms with E-state index in [2.05, 4.69) is 11.9 Å². The SMILES string of the molecule is CCCCc1ccc([N+](=O)[O-])c2[nH]c3ccccc3c(=O)c12. The van der Waals surface area contributed by atoms with Gasteiger partial charge in [0.05, 0.1) is 10.3 Å². The van der Waals surface area contributed by atoms with Crippen molar-refractivity contribution in [2.45, 2.75) is 26.2 Å². The van der Waals surface area contributed by atoms with Crippen LogP contribution >= 0.6 is 0 Å². The molecular weight excluding hydrogens is 280 g/mol. The zero-order chi connectivity index (χ0) is 15.7. The van der Waals surface area contributed by atoms with E-state index < -0.39 is 4.92 Å². The molecule has 0 aliphatic heterocycles. The van der Waals surface area contributed by atoms with Gasteiger partial charge in [-0.2, -0.15) is 0 Å². The van der Waals surface area contributed by atoms with Gasteiger partial charge in [0, 0.05) is 17.0 Å². The van der Waals surface area contributed by atoms with Gasteiger partial charge in [-0.15, -0.1) is 0 Å². The van der Waals surface area contributed by atoms with E-state index in [1.165, 1.54) is 6.07 Å². The lowest BCUT2D eigenvalue weighted by Crippen LogP contribution is -2.08. The summed E-state index contributed by atoms with van der Waals surface area (Å²) < 4.78 is 0. The number of pyridine rings is 1. The minimum Gasteiger partial charge on any atom is -0.349 e. The lowest BCUT2D eigenvalue weighted by atomic mass is 10.00. The zero-order valence-corrected chi connectivity index (χ0v) is 12.3. The van der Waals surface area contributed by atoms with Crippen LogP contribution in [0.3, 0.4) is 0 Å². The molecule has 3 aromatic rings. The molecule has 0 amide bonds. The molecule has 1 N–H and O–H groups in total. The minimum absolute atomic E-state index is 0.0573. The van der Waals surface area contributed by atoms with Crippen molar-refractivity contribution in [3.63, 3.8) is 0 Å². The minimum atomic E-state index is -0.448. The van der Waals surface area contributed by atoms with Crippen LogP contribution in [0.5, 0.6) is 0 Å². The van der Waals surface area contributed by atoms with Crippen LogP contribution in [0.25, 0.3) is 21.8 Å². The molecule has 0 radical (unpaired) electrons. The maximum atomic E-state index is 12.8. The van der Waals surface area contributed by atoms with Gasteiger partial charge in [-0.05, 0) is 30.5 Å². The van der Waals surface area contributed by atoms with Gasteiger partial charge in [-0.1, -0.05) is 31.5 Å². The van der Waals surface area contributed by atoms with Crippen LogP contribution in [-0.4, -0.2) is 9.91 Å². The summed E-state index contributed by atoms with van der Waals surface area (Å²) in [6, 6.07) is 10.3. The van der Waals surface area contributed by atoms with Crippen LogP contribution in [0.4, 0.5) is 5.69 Å². The number of non-ortho nitro benzene ring substituents is 1. The number of aromatic amines is 1. The van der Waals surface area contributed by atoms with E-state index in [1.54, 1.807) is 30.3 Å².